The number of hydrogen-bond donors (Lipinski definition) is 0. The molecule has 0 bridgehead atoms. The number of ether oxygens (including phenoxy) is 1. The Morgan fingerprint density at radius 1 is 0.806 bits per heavy atom. The molecular formula is C26H32N2O3. The molecule has 2 aromatic carbocycles. The summed E-state index contributed by atoms with van der Waals surface area (Å²) in [7, 11) is 0. The molecule has 0 aromatic heterocycles. The quantitative estimate of drug-likeness (QED) is 0.717. The monoisotopic (exact) mass is 420 g/mol. The van der Waals surface area contributed by atoms with Crippen molar-refractivity contribution in [1.29, 1.82) is 0 Å². The van der Waals surface area contributed by atoms with Gasteiger partial charge in [0, 0.05) is 37.3 Å². The Balaban J connectivity index is 1.24. The SMILES string of the molecule is Cc1ccc(C(=O)N2CCC(COc3ccc(C(=O)N4CCCC4)cc3)CC2)cc1C. The lowest BCUT2D eigenvalue weighted by molar-refractivity contribution is 0.0660. The molecule has 2 aromatic rings. The van der Waals surface area contributed by atoms with Crippen molar-refractivity contribution in [2.45, 2.75) is 39.5 Å². The van der Waals surface area contributed by atoms with Crippen LogP contribution in [0.5, 0.6) is 5.75 Å². The highest BCUT2D eigenvalue weighted by molar-refractivity contribution is 5.95. The third kappa shape index (κ3) is 5.09. The molecule has 31 heavy (non-hydrogen) atoms. The van der Waals surface area contributed by atoms with E-state index in [0.29, 0.717) is 12.5 Å². The normalized spacial score (nSPS) is 17.1. The van der Waals surface area contributed by atoms with Crippen molar-refractivity contribution in [1.82, 2.24) is 9.80 Å². The average molecular weight is 421 g/mol. The molecule has 0 aliphatic carbocycles. The van der Waals surface area contributed by atoms with Crippen LogP contribution in [0, 0.1) is 19.8 Å². The van der Waals surface area contributed by atoms with E-state index in [1.807, 2.05) is 59.2 Å². The van der Waals surface area contributed by atoms with Crippen LogP contribution in [0.15, 0.2) is 42.5 Å². The standard InChI is InChI=1S/C26H32N2O3/c1-19-5-6-23(17-20(19)2)26(30)28-15-11-21(12-16-28)18-31-24-9-7-22(8-10-24)25(29)27-13-3-4-14-27/h5-10,17,21H,3-4,11-16,18H2,1-2H3. The molecule has 2 aliphatic rings. The summed E-state index contributed by atoms with van der Waals surface area (Å²) in [4.78, 5) is 29.1. The second-order valence-corrected chi connectivity index (χ2v) is 8.87. The molecule has 2 fully saturated rings. The summed E-state index contributed by atoms with van der Waals surface area (Å²) in [6.07, 6.45) is 4.09. The van der Waals surface area contributed by atoms with E-state index in [2.05, 4.69) is 6.92 Å². The van der Waals surface area contributed by atoms with Crippen LogP contribution in [0.1, 0.15) is 57.5 Å². The van der Waals surface area contributed by atoms with Crippen LogP contribution in [0.2, 0.25) is 0 Å². The van der Waals surface area contributed by atoms with Gasteiger partial charge in [0.25, 0.3) is 11.8 Å². The van der Waals surface area contributed by atoms with Gasteiger partial charge in [-0.05, 0) is 93.0 Å². The number of nitrogens with zero attached hydrogens (tertiary/aromatic N) is 2. The minimum absolute atomic E-state index is 0.116. The van der Waals surface area contributed by atoms with Gasteiger partial charge in [-0.3, -0.25) is 9.59 Å². The van der Waals surface area contributed by atoms with Crippen molar-refractivity contribution in [2.24, 2.45) is 5.92 Å². The summed E-state index contributed by atoms with van der Waals surface area (Å²) in [5.41, 5.74) is 3.87. The van der Waals surface area contributed by atoms with Crippen molar-refractivity contribution in [3.05, 3.63) is 64.7 Å². The number of carbonyl (C=O) groups excluding carboxylic acids is 2. The van der Waals surface area contributed by atoms with Gasteiger partial charge in [-0.1, -0.05) is 6.07 Å². The van der Waals surface area contributed by atoms with Gasteiger partial charge in [-0.2, -0.15) is 0 Å². The van der Waals surface area contributed by atoms with Gasteiger partial charge in [0.15, 0.2) is 0 Å². The zero-order chi connectivity index (χ0) is 21.8. The molecule has 0 unspecified atom stereocenters. The van der Waals surface area contributed by atoms with E-state index in [1.54, 1.807) is 0 Å². The smallest absolute Gasteiger partial charge is 0.253 e. The van der Waals surface area contributed by atoms with Gasteiger partial charge in [-0.25, -0.2) is 0 Å². The first-order chi connectivity index (χ1) is 15.0. The highest BCUT2D eigenvalue weighted by atomic mass is 16.5. The fourth-order valence-corrected chi connectivity index (χ4v) is 4.37. The Morgan fingerprint density at radius 2 is 1.39 bits per heavy atom. The summed E-state index contributed by atoms with van der Waals surface area (Å²) in [6, 6.07) is 13.4. The molecule has 0 atom stereocenters. The number of rotatable bonds is 5. The van der Waals surface area contributed by atoms with Crippen LogP contribution >= 0.6 is 0 Å². The first-order valence-electron chi connectivity index (χ1n) is 11.4. The number of aryl methyl sites for hydroxylation is 2. The van der Waals surface area contributed by atoms with Gasteiger partial charge in [0.05, 0.1) is 6.61 Å². The molecule has 5 nitrogen and oxygen atoms in total. The lowest BCUT2D eigenvalue weighted by Gasteiger charge is -2.32. The van der Waals surface area contributed by atoms with E-state index in [4.69, 9.17) is 4.74 Å². The van der Waals surface area contributed by atoms with E-state index in [-0.39, 0.29) is 11.8 Å². The fraction of sp³-hybridized carbons (Fsp3) is 0.462. The number of likely N-dealkylation sites (tertiary alicyclic amines) is 2. The topological polar surface area (TPSA) is 49.9 Å². The molecular weight excluding hydrogens is 388 g/mol. The summed E-state index contributed by atoms with van der Waals surface area (Å²) in [6.45, 7) is 8.01. The van der Waals surface area contributed by atoms with Crippen molar-refractivity contribution in [3.63, 3.8) is 0 Å². The van der Waals surface area contributed by atoms with E-state index in [0.717, 1.165) is 74.3 Å². The molecule has 0 saturated carbocycles. The predicted molar refractivity (Wildman–Crippen MR) is 122 cm³/mol. The molecule has 164 valence electrons. The Kier molecular flexibility index (Phi) is 6.59. The van der Waals surface area contributed by atoms with E-state index < -0.39 is 0 Å². The molecule has 2 heterocycles. The summed E-state index contributed by atoms with van der Waals surface area (Å²) in [5.74, 6) is 1.48. The van der Waals surface area contributed by atoms with Crippen molar-refractivity contribution in [2.75, 3.05) is 32.8 Å². The lowest BCUT2D eigenvalue weighted by atomic mass is 9.97. The largest absolute Gasteiger partial charge is 0.493 e. The fourth-order valence-electron chi connectivity index (χ4n) is 4.37. The number of amides is 2. The highest BCUT2D eigenvalue weighted by Gasteiger charge is 2.24. The molecule has 2 saturated heterocycles. The van der Waals surface area contributed by atoms with Crippen LogP contribution in [-0.2, 0) is 0 Å². The molecule has 2 amide bonds. The molecule has 0 N–H and O–H groups in total. The maximum atomic E-state index is 12.8. The van der Waals surface area contributed by atoms with E-state index >= 15 is 0 Å². The van der Waals surface area contributed by atoms with Gasteiger partial charge in [0.2, 0.25) is 0 Å². The lowest BCUT2D eigenvalue weighted by Crippen LogP contribution is -2.39. The summed E-state index contributed by atoms with van der Waals surface area (Å²) >= 11 is 0. The van der Waals surface area contributed by atoms with E-state index in [9.17, 15) is 9.59 Å². The first-order valence-corrected chi connectivity index (χ1v) is 11.4. The van der Waals surface area contributed by atoms with Crippen molar-refractivity contribution >= 4 is 11.8 Å². The van der Waals surface area contributed by atoms with Gasteiger partial charge in [0.1, 0.15) is 5.75 Å². The number of piperidine rings is 1. The maximum absolute atomic E-state index is 12.8. The molecule has 4 rings (SSSR count). The minimum Gasteiger partial charge on any atom is -0.493 e. The minimum atomic E-state index is 0.116. The zero-order valence-corrected chi connectivity index (χ0v) is 18.6. The van der Waals surface area contributed by atoms with Crippen LogP contribution in [0.25, 0.3) is 0 Å². The third-order valence-electron chi connectivity index (χ3n) is 6.64. The van der Waals surface area contributed by atoms with Gasteiger partial charge < -0.3 is 14.5 Å². The Bertz CT molecular complexity index is 924. The molecule has 5 heteroatoms. The third-order valence-corrected chi connectivity index (χ3v) is 6.64. The predicted octanol–water partition coefficient (Wildman–Crippen LogP) is 4.47. The second-order valence-electron chi connectivity index (χ2n) is 8.87. The van der Waals surface area contributed by atoms with E-state index in [1.165, 1.54) is 5.56 Å². The van der Waals surface area contributed by atoms with Crippen LogP contribution in [0.3, 0.4) is 0 Å². The highest BCUT2D eigenvalue weighted by Crippen LogP contribution is 2.22. The molecule has 0 radical (unpaired) electrons. The average Bonchev–Trinajstić information content (AvgIpc) is 3.34. The zero-order valence-electron chi connectivity index (χ0n) is 18.6. The van der Waals surface area contributed by atoms with Crippen molar-refractivity contribution in [3.8, 4) is 5.75 Å². The second kappa shape index (κ2) is 9.54. The Hall–Kier alpha value is -2.82. The number of hydrogen-bond acceptors (Lipinski definition) is 3. The van der Waals surface area contributed by atoms with Crippen LogP contribution in [-0.4, -0.2) is 54.4 Å². The summed E-state index contributed by atoms with van der Waals surface area (Å²) < 4.78 is 5.99. The molecule has 0 spiro atoms. The van der Waals surface area contributed by atoms with Gasteiger partial charge in [-0.15, -0.1) is 0 Å². The number of benzene rings is 2. The van der Waals surface area contributed by atoms with Crippen LogP contribution < -0.4 is 4.74 Å². The van der Waals surface area contributed by atoms with Crippen molar-refractivity contribution < 1.29 is 14.3 Å². The van der Waals surface area contributed by atoms with Gasteiger partial charge >= 0.3 is 0 Å². The molecule has 2 aliphatic heterocycles. The Morgan fingerprint density at radius 3 is 2.03 bits per heavy atom. The summed E-state index contributed by atoms with van der Waals surface area (Å²) in [5, 5.41) is 0. The number of carbonyl (C=O) groups is 2. The Labute approximate surface area is 185 Å². The maximum Gasteiger partial charge on any atom is 0.253 e. The first kappa shape index (κ1) is 21.4. The van der Waals surface area contributed by atoms with Crippen LogP contribution in [0.4, 0.5) is 0 Å².